The Labute approximate surface area is 131 Å². The SMILES string of the molecule is CN1CCCCC1CNCC(=O)N1CCc2sccc2C1. The van der Waals surface area contributed by atoms with E-state index in [1.54, 1.807) is 0 Å². The molecule has 4 nitrogen and oxygen atoms in total. The van der Waals surface area contributed by atoms with Gasteiger partial charge in [0, 0.05) is 30.6 Å². The number of carbonyl (C=O) groups is 1. The predicted molar refractivity (Wildman–Crippen MR) is 86.6 cm³/mol. The molecule has 1 unspecified atom stereocenters. The maximum atomic E-state index is 12.3. The molecule has 0 spiro atoms. The summed E-state index contributed by atoms with van der Waals surface area (Å²) < 4.78 is 0. The molecule has 1 fully saturated rings. The molecule has 1 N–H and O–H groups in total. The molecule has 1 amide bonds. The Morgan fingerprint density at radius 3 is 3.19 bits per heavy atom. The van der Waals surface area contributed by atoms with Gasteiger partial charge in [0.1, 0.15) is 0 Å². The van der Waals surface area contributed by atoms with Crippen LogP contribution < -0.4 is 5.32 Å². The molecule has 0 saturated carbocycles. The number of carbonyl (C=O) groups excluding carboxylic acids is 1. The molecule has 0 bridgehead atoms. The van der Waals surface area contributed by atoms with E-state index in [4.69, 9.17) is 0 Å². The van der Waals surface area contributed by atoms with Crippen molar-refractivity contribution in [3.05, 3.63) is 21.9 Å². The van der Waals surface area contributed by atoms with E-state index in [1.165, 1.54) is 36.2 Å². The van der Waals surface area contributed by atoms with Crippen LogP contribution in [0.2, 0.25) is 0 Å². The van der Waals surface area contributed by atoms with Crippen molar-refractivity contribution < 1.29 is 4.79 Å². The van der Waals surface area contributed by atoms with Gasteiger partial charge in [-0.15, -0.1) is 11.3 Å². The molecule has 1 atom stereocenters. The number of nitrogens with one attached hydrogen (secondary N) is 1. The first-order chi connectivity index (χ1) is 10.2. The lowest BCUT2D eigenvalue weighted by Crippen LogP contribution is -2.46. The molecular formula is C16H25N3OS. The van der Waals surface area contributed by atoms with Gasteiger partial charge in [-0.1, -0.05) is 6.42 Å². The second-order valence-corrected chi connectivity index (χ2v) is 7.20. The van der Waals surface area contributed by atoms with Gasteiger partial charge in [0.05, 0.1) is 6.54 Å². The van der Waals surface area contributed by atoms with E-state index >= 15 is 0 Å². The minimum atomic E-state index is 0.241. The van der Waals surface area contributed by atoms with Gasteiger partial charge in [-0.2, -0.15) is 0 Å². The van der Waals surface area contributed by atoms with E-state index in [9.17, 15) is 4.79 Å². The highest BCUT2D eigenvalue weighted by molar-refractivity contribution is 7.10. The number of hydrogen-bond donors (Lipinski definition) is 1. The zero-order valence-corrected chi connectivity index (χ0v) is 13.6. The minimum Gasteiger partial charge on any atom is -0.337 e. The molecule has 21 heavy (non-hydrogen) atoms. The lowest BCUT2D eigenvalue weighted by Gasteiger charge is -2.33. The van der Waals surface area contributed by atoms with Crippen LogP contribution in [0.1, 0.15) is 29.7 Å². The van der Waals surface area contributed by atoms with Gasteiger partial charge in [-0.25, -0.2) is 0 Å². The number of fused-ring (bicyclic) bond motifs is 1. The van der Waals surface area contributed by atoms with Gasteiger partial charge in [0.15, 0.2) is 0 Å². The summed E-state index contributed by atoms with van der Waals surface area (Å²) >= 11 is 1.82. The number of likely N-dealkylation sites (N-methyl/N-ethyl adjacent to an activating group) is 1. The van der Waals surface area contributed by atoms with Gasteiger partial charge in [0.2, 0.25) is 5.91 Å². The lowest BCUT2D eigenvalue weighted by molar-refractivity contribution is -0.131. The topological polar surface area (TPSA) is 35.6 Å². The molecule has 2 aliphatic heterocycles. The normalized spacial score (nSPS) is 23.1. The molecule has 1 aromatic heterocycles. The third-order valence-electron chi connectivity index (χ3n) is 4.74. The maximum absolute atomic E-state index is 12.3. The number of amides is 1. The highest BCUT2D eigenvalue weighted by Gasteiger charge is 2.22. The van der Waals surface area contributed by atoms with E-state index in [1.807, 2.05) is 16.2 Å². The predicted octanol–water partition coefficient (Wildman–Crippen LogP) is 1.71. The Balaban J connectivity index is 1.42. The van der Waals surface area contributed by atoms with Gasteiger partial charge >= 0.3 is 0 Å². The minimum absolute atomic E-state index is 0.241. The molecule has 3 heterocycles. The average molecular weight is 307 g/mol. The summed E-state index contributed by atoms with van der Waals surface area (Å²) in [7, 11) is 2.19. The fourth-order valence-electron chi connectivity index (χ4n) is 3.32. The largest absolute Gasteiger partial charge is 0.337 e. The summed E-state index contributed by atoms with van der Waals surface area (Å²) in [6.07, 6.45) is 4.89. The molecule has 0 aromatic carbocycles. The van der Waals surface area contributed by atoms with Crippen LogP contribution in [0, 0.1) is 0 Å². The first-order valence-electron chi connectivity index (χ1n) is 7.98. The number of likely N-dealkylation sites (tertiary alicyclic amines) is 1. The summed E-state index contributed by atoms with van der Waals surface area (Å²) in [4.78, 5) is 18.2. The Morgan fingerprint density at radius 2 is 2.33 bits per heavy atom. The number of rotatable bonds is 4. The summed E-state index contributed by atoms with van der Waals surface area (Å²) in [6.45, 7) is 4.26. The number of piperidine rings is 1. The maximum Gasteiger partial charge on any atom is 0.236 e. The zero-order valence-electron chi connectivity index (χ0n) is 12.8. The van der Waals surface area contributed by atoms with Gasteiger partial charge in [-0.3, -0.25) is 4.79 Å². The van der Waals surface area contributed by atoms with E-state index in [0.29, 0.717) is 12.6 Å². The average Bonchev–Trinajstić information content (AvgIpc) is 2.96. The van der Waals surface area contributed by atoms with E-state index < -0.39 is 0 Å². The molecule has 1 aromatic rings. The van der Waals surface area contributed by atoms with Crippen molar-refractivity contribution in [2.24, 2.45) is 0 Å². The van der Waals surface area contributed by atoms with E-state index in [2.05, 4.69) is 28.7 Å². The molecule has 1 saturated heterocycles. The number of nitrogens with zero attached hydrogens (tertiary/aromatic N) is 2. The molecule has 116 valence electrons. The third-order valence-corrected chi connectivity index (χ3v) is 5.76. The second-order valence-electron chi connectivity index (χ2n) is 6.20. The van der Waals surface area contributed by atoms with Crippen LogP contribution in [0.3, 0.4) is 0 Å². The fraction of sp³-hybridized carbons (Fsp3) is 0.688. The lowest BCUT2D eigenvalue weighted by atomic mass is 10.0. The first-order valence-corrected chi connectivity index (χ1v) is 8.86. The molecule has 2 aliphatic rings. The highest BCUT2D eigenvalue weighted by atomic mass is 32.1. The first kappa shape index (κ1) is 15.0. The molecular weight excluding hydrogens is 282 g/mol. The fourth-order valence-corrected chi connectivity index (χ4v) is 4.21. The highest BCUT2D eigenvalue weighted by Crippen LogP contribution is 2.23. The van der Waals surface area contributed by atoms with E-state index in [-0.39, 0.29) is 5.91 Å². The molecule has 0 radical (unpaired) electrons. The number of hydrogen-bond acceptors (Lipinski definition) is 4. The van der Waals surface area contributed by atoms with E-state index in [0.717, 1.165) is 26.1 Å². The molecule has 3 rings (SSSR count). The van der Waals surface area contributed by atoms with Crippen molar-refractivity contribution in [3.8, 4) is 0 Å². The van der Waals surface area contributed by atoms with Crippen LogP contribution in [0.25, 0.3) is 0 Å². The van der Waals surface area contributed by atoms with Crippen LogP contribution in [0.5, 0.6) is 0 Å². The second kappa shape index (κ2) is 6.90. The summed E-state index contributed by atoms with van der Waals surface area (Å²) in [6, 6.07) is 2.75. The van der Waals surface area contributed by atoms with Crippen molar-refractivity contribution in [2.75, 3.05) is 33.2 Å². The van der Waals surface area contributed by atoms with Crippen LogP contribution >= 0.6 is 11.3 Å². The Hall–Kier alpha value is -0.910. The van der Waals surface area contributed by atoms with Crippen LogP contribution in [-0.2, 0) is 17.8 Å². The Morgan fingerprint density at radius 1 is 1.43 bits per heavy atom. The monoisotopic (exact) mass is 307 g/mol. The zero-order chi connectivity index (χ0) is 14.7. The standard InChI is InChI=1S/C16H25N3OS/c1-18-7-3-2-4-14(18)10-17-11-16(20)19-8-5-15-13(12-19)6-9-21-15/h6,9,14,17H,2-5,7-8,10-12H2,1H3. The quantitative estimate of drug-likeness (QED) is 0.920. The summed E-state index contributed by atoms with van der Waals surface area (Å²) in [5, 5.41) is 5.50. The van der Waals surface area contributed by atoms with Gasteiger partial charge in [-0.05, 0) is 49.9 Å². The van der Waals surface area contributed by atoms with Gasteiger partial charge in [0.25, 0.3) is 0 Å². The van der Waals surface area contributed by atoms with Crippen molar-refractivity contribution in [1.29, 1.82) is 0 Å². The number of thiophene rings is 1. The summed E-state index contributed by atoms with van der Waals surface area (Å²) in [5.74, 6) is 0.241. The third kappa shape index (κ3) is 3.65. The van der Waals surface area contributed by atoms with Gasteiger partial charge < -0.3 is 15.1 Å². The van der Waals surface area contributed by atoms with Crippen LogP contribution in [-0.4, -0.2) is 55.0 Å². The Kier molecular flexibility index (Phi) is 4.93. The smallest absolute Gasteiger partial charge is 0.236 e. The Bertz CT molecular complexity index is 488. The van der Waals surface area contributed by atoms with Crippen LogP contribution in [0.4, 0.5) is 0 Å². The van der Waals surface area contributed by atoms with Crippen molar-refractivity contribution in [3.63, 3.8) is 0 Å². The van der Waals surface area contributed by atoms with Crippen molar-refractivity contribution in [2.45, 2.75) is 38.3 Å². The molecule has 5 heteroatoms. The van der Waals surface area contributed by atoms with Crippen molar-refractivity contribution in [1.82, 2.24) is 15.1 Å². The van der Waals surface area contributed by atoms with Crippen LogP contribution in [0.15, 0.2) is 11.4 Å². The molecule has 0 aliphatic carbocycles. The summed E-state index contributed by atoms with van der Waals surface area (Å²) in [5.41, 5.74) is 1.34. The van der Waals surface area contributed by atoms with Crippen molar-refractivity contribution >= 4 is 17.2 Å².